The van der Waals surface area contributed by atoms with E-state index in [0.717, 1.165) is 31.3 Å². The summed E-state index contributed by atoms with van der Waals surface area (Å²) in [5.74, 6) is 0.390. The summed E-state index contributed by atoms with van der Waals surface area (Å²) in [5.41, 5.74) is 11.7. The Bertz CT molecular complexity index is 444. The summed E-state index contributed by atoms with van der Waals surface area (Å²) in [6, 6.07) is 0.796. The lowest BCUT2D eigenvalue weighted by atomic mass is 10.0. The number of hydrogen-bond acceptors (Lipinski definition) is 5. The van der Waals surface area contributed by atoms with Gasteiger partial charge in [-0.15, -0.1) is 0 Å². The van der Waals surface area contributed by atoms with Gasteiger partial charge in [0.1, 0.15) is 5.60 Å². The molecular formula is C17H31N3O3. The van der Waals surface area contributed by atoms with Crippen LogP contribution in [0.4, 0.5) is 4.79 Å². The quantitative estimate of drug-likeness (QED) is 0.623. The van der Waals surface area contributed by atoms with Crippen molar-refractivity contribution in [3.8, 4) is 0 Å². The summed E-state index contributed by atoms with van der Waals surface area (Å²) in [7, 11) is 0. The molecule has 0 heterocycles. The molecule has 23 heavy (non-hydrogen) atoms. The van der Waals surface area contributed by atoms with E-state index in [9.17, 15) is 4.79 Å². The number of rotatable bonds is 2. The highest BCUT2D eigenvalue weighted by Gasteiger charge is 2.17. The van der Waals surface area contributed by atoms with E-state index >= 15 is 0 Å². The van der Waals surface area contributed by atoms with Gasteiger partial charge in [0.15, 0.2) is 0 Å². The van der Waals surface area contributed by atoms with Gasteiger partial charge in [-0.05, 0) is 52.5 Å². The first kappa shape index (κ1) is 19.5. The van der Waals surface area contributed by atoms with Crippen molar-refractivity contribution in [3.63, 3.8) is 0 Å². The third kappa shape index (κ3) is 9.25. The minimum Gasteiger partial charge on any atom is -0.512 e. The Labute approximate surface area is 138 Å². The molecule has 1 saturated carbocycles. The fourth-order valence-electron chi connectivity index (χ4n) is 2.37. The highest BCUT2D eigenvalue weighted by atomic mass is 16.6. The second kappa shape index (κ2) is 8.93. The van der Waals surface area contributed by atoms with Crippen molar-refractivity contribution < 1.29 is 14.6 Å². The van der Waals surface area contributed by atoms with E-state index in [0.29, 0.717) is 30.8 Å². The van der Waals surface area contributed by atoms with Crippen molar-refractivity contribution in [3.05, 3.63) is 23.5 Å². The summed E-state index contributed by atoms with van der Waals surface area (Å²) in [5, 5.41) is 11.8. The Morgan fingerprint density at radius 2 is 1.87 bits per heavy atom. The van der Waals surface area contributed by atoms with E-state index < -0.39 is 11.7 Å². The standard InChI is InChI=1S/C12H19NO3.C5H12N2/c1-12(2,3)16-11(15)13-8-9-4-6-10(14)7-5-9;6-4-1-2-5(7)3-4/h4,6,14H,5,7-8H2,1-3H3,(H,13,15);4-5H,1-3,6-7H2/t;4-,5+. The zero-order chi connectivity index (χ0) is 17.5. The van der Waals surface area contributed by atoms with E-state index in [-0.39, 0.29) is 0 Å². The molecule has 0 aromatic heterocycles. The van der Waals surface area contributed by atoms with Crippen LogP contribution in [0.1, 0.15) is 52.9 Å². The van der Waals surface area contributed by atoms with Crippen molar-refractivity contribution >= 4 is 6.09 Å². The smallest absolute Gasteiger partial charge is 0.407 e. The van der Waals surface area contributed by atoms with E-state index in [1.807, 2.05) is 26.8 Å². The topological polar surface area (TPSA) is 111 Å². The molecule has 6 nitrogen and oxygen atoms in total. The van der Waals surface area contributed by atoms with Crippen LogP contribution in [0.3, 0.4) is 0 Å². The molecule has 132 valence electrons. The predicted molar refractivity (Wildman–Crippen MR) is 92.1 cm³/mol. The molecule has 6 N–H and O–H groups in total. The predicted octanol–water partition coefficient (Wildman–Crippen LogP) is 2.50. The van der Waals surface area contributed by atoms with Crippen molar-refractivity contribution in [2.75, 3.05) is 6.54 Å². The van der Waals surface area contributed by atoms with Gasteiger partial charge in [0.2, 0.25) is 0 Å². The molecule has 0 aromatic rings. The van der Waals surface area contributed by atoms with Gasteiger partial charge >= 0.3 is 6.09 Å². The minimum atomic E-state index is -0.469. The normalized spacial score (nSPS) is 24.0. The van der Waals surface area contributed by atoms with E-state index in [1.165, 1.54) is 0 Å². The highest BCUT2D eigenvalue weighted by Crippen LogP contribution is 2.15. The molecule has 1 fully saturated rings. The van der Waals surface area contributed by atoms with Crippen molar-refractivity contribution in [2.24, 2.45) is 11.5 Å². The molecule has 2 atom stereocenters. The van der Waals surface area contributed by atoms with Gasteiger partial charge in [-0.2, -0.15) is 0 Å². The Morgan fingerprint density at radius 1 is 1.26 bits per heavy atom. The lowest BCUT2D eigenvalue weighted by Gasteiger charge is -2.20. The number of aliphatic hydroxyl groups is 1. The summed E-state index contributed by atoms with van der Waals surface area (Å²) in [6.45, 7) is 5.95. The Balaban J connectivity index is 0.000000313. The average Bonchev–Trinajstić information content (AvgIpc) is 2.80. The number of alkyl carbamates (subject to hydrolysis) is 1. The third-order valence-electron chi connectivity index (χ3n) is 3.59. The van der Waals surface area contributed by atoms with E-state index in [4.69, 9.17) is 21.3 Å². The van der Waals surface area contributed by atoms with Gasteiger partial charge in [-0.1, -0.05) is 11.6 Å². The molecule has 0 aromatic carbocycles. The second-order valence-corrected chi connectivity index (χ2v) is 7.17. The molecule has 2 aliphatic carbocycles. The second-order valence-electron chi connectivity index (χ2n) is 7.17. The summed E-state index contributed by atoms with van der Waals surface area (Å²) in [4.78, 5) is 11.3. The van der Waals surface area contributed by atoms with Crippen LogP contribution in [0, 0.1) is 0 Å². The van der Waals surface area contributed by atoms with Crippen LogP contribution in [0.2, 0.25) is 0 Å². The monoisotopic (exact) mass is 325 g/mol. The molecule has 0 bridgehead atoms. The van der Waals surface area contributed by atoms with Gasteiger partial charge in [-0.3, -0.25) is 0 Å². The SMILES string of the molecule is CC(C)(C)OC(=O)NCC1=CC=C(O)CC1.N[C@@H]1CC[C@H](N)C1. The molecule has 0 unspecified atom stereocenters. The molecule has 6 heteroatoms. The minimum absolute atomic E-state index is 0.390. The number of nitrogens with two attached hydrogens (primary N) is 2. The van der Waals surface area contributed by atoms with Crippen molar-refractivity contribution in [1.82, 2.24) is 5.32 Å². The number of allylic oxidation sites excluding steroid dienone is 3. The number of ether oxygens (including phenoxy) is 1. The number of aliphatic hydroxyl groups excluding tert-OH is 1. The number of nitrogens with one attached hydrogen (secondary N) is 1. The molecule has 0 spiro atoms. The first-order valence-electron chi connectivity index (χ1n) is 8.21. The third-order valence-corrected chi connectivity index (χ3v) is 3.59. The van der Waals surface area contributed by atoms with Gasteiger partial charge in [0, 0.05) is 25.0 Å². The number of carbonyl (C=O) groups excluding carboxylic acids is 1. The van der Waals surface area contributed by atoms with Crippen LogP contribution in [0.5, 0.6) is 0 Å². The van der Waals surface area contributed by atoms with E-state index in [1.54, 1.807) is 6.08 Å². The molecule has 0 aliphatic heterocycles. The maximum Gasteiger partial charge on any atom is 0.407 e. The summed E-state index contributed by atoms with van der Waals surface area (Å²) in [6.07, 6.45) is 7.78. The lowest BCUT2D eigenvalue weighted by molar-refractivity contribution is 0.0532. The van der Waals surface area contributed by atoms with Gasteiger partial charge in [0.05, 0.1) is 5.76 Å². The highest BCUT2D eigenvalue weighted by molar-refractivity contribution is 5.68. The maximum atomic E-state index is 11.3. The van der Waals surface area contributed by atoms with Crippen LogP contribution in [-0.2, 0) is 4.74 Å². The Kier molecular flexibility index (Phi) is 7.58. The van der Waals surface area contributed by atoms with Gasteiger partial charge in [-0.25, -0.2) is 4.79 Å². The molecule has 2 aliphatic rings. The Hall–Kier alpha value is -1.53. The molecule has 1 amide bonds. The van der Waals surface area contributed by atoms with Crippen LogP contribution < -0.4 is 16.8 Å². The first-order valence-corrected chi connectivity index (χ1v) is 8.21. The van der Waals surface area contributed by atoms with E-state index in [2.05, 4.69) is 5.32 Å². The summed E-state index contributed by atoms with van der Waals surface area (Å²) >= 11 is 0. The largest absolute Gasteiger partial charge is 0.512 e. The summed E-state index contributed by atoms with van der Waals surface area (Å²) < 4.78 is 5.11. The number of hydrogen-bond donors (Lipinski definition) is 4. The molecule has 0 saturated heterocycles. The maximum absolute atomic E-state index is 11.3. The van der Waals surface area contributed by atoms with Crippen molar-refractivity contribution in [2.45, 2.75) is 70.6 Å². The van der Waals surface area contributed by atoms with Crippen LogP contribution in [-0.4, -0.2) is 35.4 Å². The van der Waals surface area contributed by atoms with Crippen LogP contribution >= 0.6 is 0 Å². The van der Waals surface area contributed by atoms with Gasteiger partial charge in [0.25, 0.3) is 0 Å². The van der Waals surface area contributed by atoms with Crippen LogP contribution in [0.25, 0.3) is 0 Å². The fraction of sp³-hybridized carbons (Fsp3) is 0.706. The number of carbonyl (C=O) groups is 1. The zero-order valence-electron chi connectivity index (χ0n) is 14.5. The van der Waals surface area contributed by atoms with Crippen LogP contribution in [0.15, 0.2) is 23.5 Å². The molecule has 0 radical (unpaired) electrons. The Morgan fingerprint density at radius 3 is 2.26 bits per heavy atom. The zero-order valence-corrected chi connectivity index (χ0v) is 14.5. The fourth-order valence-corrected chi connectivity index (χ4v) is 2.37. The first-order chi connectivity index (χ1) is 10.7. The number of amides is 1. The average molecular weight is 325 g/mol. The molecular weight excluding hydrogens is 294 g/mol. The van der Waals surface area contributed by atoms with Crippen molar-refractivity contribution in [1.29, 1.82) is 0 Å². The lowest BCUT2D eigenvalue weighted by Crippen LogP contribution is -2.33. The van der Waals surface area contributed by atoms with Gasteiger partial charge < -0.3 is 26.6 Å². The molecule has 2 rings (SSSR count).